The van der Waals surface area contributed by atoms with Crippen molar-refractivity contribution in [3.05, 3.63) is 64.8 Å². The van der Waals surface area contributed by atoms with Crippen LogP contribution < -0.4 is 0 Å². The molecular formula is C15H10Cl2N4. The van der Waals surface area contributed by atoms with Crippen LogP contribution in [0.2, 0.25) is 10.0 Å². The molecule has 1 heterocycles. The van der Waals surface area contributed by atoms with Crippen molar-refractivity contribution < 1.29 is 0 Å². The van der Waals surface area contributed by atoms with Gasteiger partial charge in [-0.15, -0.1) is 5.11 Å². The van der Waals surface area contributed by atoms with Crippen LogP contribution in [0.25, 0.3) is 11.3 Å². The Balaban J connectivity index is 1.88. The summed E-state index contributed by atoms with van der Waals surface area (Å²) >= 11 is 11.7. The summed E-state index contributed by atoms with van der Waals surface area (Å²) < 4.78 is 0. The molecule has 0 atom stereocenters. The molecule has 6 heteroatoms. The van der Waals surface area contributed by atoms with E-state index in [4.69, 9.17) is 23.2 Å². The summed E-state index contributed by atoms with van der Waals surface area (Å²) in [6.07, 6.45) is 1.63. The van der Waals surface area contributed by atoms with E-state index in [9.17, 15) is 0 Å². The first-order chi connectivity index (χ1) is 10.2. The van der Waals surface area contributed by atoms with E-state index in [1.165, 1.54) is 0 Å². The standard InChI is InChI=1S/C15H10Cl2N4/c16-11-3-1-10(2-4-11)15-14(9-18-21-15)20-19-13-7-5-12(17)6-8-13/h1-9H,(H,18,21). The molecule has 0 amide bonds. The van der Waals surface area contributed by atoms with E-state index in [-0.39, 0.29) is 0 Å². The van der Waals surface area contributed by atoms with Crippen molar-refractivity contribution in [3.63, 3.8) is 0 Å². The summed E-state index contributed by atoms with van der Waals surface area (Å²) in [6.45, 7) is 0. The highest BCUT2D eigenvalue weighted by molar-refractivity contribution is 6.30. The monoisotopic (exact) mass is 316 g/mol. The Morgan fingerprint density at radius 2 is 1.43 bits per heavy atom. The van der Waals surface area contributed by atoms with E-state index < -0.39 is 0 Å². The van der Waals surface area contributed by atoms with Crippen molar-refractivity contribution in [2.45, 2.75) is 0 Å². The summed E-state index contributed by atoms with van der Waals surface area (Å²) in [5.74, 6) is 0. The van der Waals surface area contributed by atoms with Crippen LogP contribution in [0.15, 0.2) is 65.0 Å². The molecule has 3 aromatic rings. The van der Waals surface area contributed by atoms with Gasteiger partial charge in [-0.3, -0.25) is 5.10 Å². The minimum absolute atomic E-state index is 0.660. The summed E-state index contributed by atoms with van der Waals surface area (Å²) in [5, 5.41) is 16.7. The summed E-state index contributed by atoms with van der Waals surface area (Å²) in [6, 6.07) is 14.6. The highest BCUT2D eigenvalue weighted by Crippen LogP contribution is 2.30. The topological polar surface area (TPSA) is 53.4 Å². The van der Waals surface area contributed by atoms with E-state index >= 15 is 0 Å². The Kier molecular flexibility index (Phi) is 3.99. The van der Waals surface area contributed by atoms with E-state index in [1.54, 1.807) is 30.5 Å². The molecule has 2 aromatic carbocycles. The molecule has 0 aliphatic rings. The van der Waals surface area contributed by atoms with Crippen molar-refractivity contribution >= 4 is 34.6 Å². The zero-order chi connectivity index (χ0) is 14.7. The lowest BCUT2D eigenvalue weighted by Crippen LogP contribution is -1.78. The van der Waals surface area contributed by atoms with Crippen molar-refractivity contribution in [2.75, 3.05) is 0 Å². The highest BCUT2D eigenvalue weighted by Gasteiger charge is 2.07. The maximum atomic E-state index is 5.89. The lowest BCUT2D eigenvalue weighted by Gasteiger charge is -1.99. The predicted octanol–water partition coefficient (Wildman–Crippen LogP) is 5.80. The summed E-state index contributed by atoms with van der Waals surface area (Å²) in [5.41, 5.74) is 3.13. The Bertz CT molecular complexity index is 761. The fourth-order valence-electron chi connectivity index (χ4n) is 1.80. The number of hydrogen-bond donors (Lipinski definition) is 1. The molecule has 0 aliphatic carbocycles. The van der Waals surface area contributed by atoms with Gasteiger partial charge < -0.3 is 0 Å². The molecule has 104 valence electrons. The Hall–Kier alpha value is -2.17. The van der Waals surface area contributed by atoms with Crippen LogP contribution in [0.4, 0.5) is 11.4 Å². The smallest absolute Gasteiger partial charge is 0.131 e. The average Bonchev–Trinajstić information content (AvgIpc) is 2.96. The molecule has 0 saturated heterocycles. The van der Waals surface area contributed by atoms with Gasteiger partial charge >= 0.3 is 0 Å². The van der Waals surface area contributed by atoms with Gasteiger partial charge in [-0.1, -0.05) is 35.3 Å². The van der Waals surface area contributed by atoms with E-state index in [1.807, 2.05) is 24.3 Å². The third-order valence-electron chi connectivity index (χ3n) is 2.85. The van der Waals surface area contributed by atoms with Crippen molar-refractivity contribution in [1.82, 2.24) is 10.2 Å². The quantitative estimate of drug-likeness (QED) is 0.610. The van der Waals surface area contributed by atoms with Gasteiger partial charge in [-0.2, -0.15) is 10.2 Å². The first-order valence-electron chi connectivity index (χ1n) is 6.19. The molecular weight excluding hydrogens is 307 g/mol. The number of azo groups is 1. The van der Waals surface area contributed by atoms with Gasteiger partial charge in [0.2, 0.25) is 0 Å². The summed E-state index contributed by atoms with van der Waals surface area (Å²) in [7, 11) is 0. The van der Waals surface area contributed by atoms with Crippen LogP contribution in [0, 0.1) is 0 Å². The molecule has 4 nitrogen and oxygen atoms in total. The lowest BCUT2D eigenvalue weighted by molar-refractivity contribution is 1.10. The maximum Gasteiger partial charge on any atom is 0.131 e. The van der Waals surface area contributed by atoms with Gasteiger partial charge in [0.15, 0.2) is 0 Å². The minimum Gasteiger partial charge on any atom is -0.275 e. The van der Waals surface area contributed by atoms with Crippen molar-refractivity contribution in [1.29, 1.82) is 0 Å². The maximum absolute atomic E-state index is 5.89. The number of benzene rings is 2. The molecule has 1 N–H and O–H groups in total. The molecule has 21 heavy (non-hydrogen) atoms. The second kappa shape index (κ2) is 6.08. The third-order valence-corrected chi connectivity index (χ3v) is 3.36. The molecule has 0 unspecified atom stereocenters. The number of rotatable bonds is 3. The van der Waals surface area contributed by atoms with Crippen LogP contribution in [0.5, 0.6) is 0 Å². The predicted molar refractivity (Wildman–Crippen MR) is 84.7 cm³/mol. The number of nitrogens with one attached hydrogen (secondary N) is 1. The lowest BCUT2D eigenvalue weighted by atomic mass is 10.1. The van der Waals surface area contributed by atoms with E-state index in [2.05, 4.69) is 20.4 Å². The number of nitrogens with zero attached hydrogens (tertiary/aromatic N) is 3. The van der Waals surface area contributed by atoms with Crippen molar-refractivity contribution in [2.24, 2.45) is 10.2 Å². The fraction of sp³-hybridized carbons (Fsp3) is 0. The van der Waals surface area contributed by atoms with E-state index in [0.717, 1.165) is 16.9 Å². The zero-order valence-electron chi connectivity index (χ0n) is 10.8. The second-order valence-corrected chi connectivity index (χ2v) is 5.19. The van der Waals surface area contributed by atoms with Gasteiger partial charge in [-0.05, 0) is 36.4 Å². The third kappa shape index (κ3) is 3.29. The second-order valence-electron chi connectivity index (χ2n) is 4.31. The Labute approximate surface area is 131 Å². The molecule has 3 rings (SSSR count). The number of H-pyrrole nitrogens is 1. The van der Waals surface area contributed by atoms with Crippen LogP contribution >= 0.6 is 23.2 Å². The van der Waals surface area contributed by atoms with Crippen LogP contribution in [0.3, 0.4) is 0 Å². The number of aromatic amines is 1. The van der Waals surface area contributed by atoms with E-state index in [0.29, 0.717) is 15.7 Å². The average molecular weight is 317 g/mol. The largest absolute Gasteiger partial charge is 0.275 e. The molecule has 0 radical (unpaired) electrons. The first-order valence-corrected chi connectivity index (χ1v) is 6.94. The molecule has 0 saturated carbocycles. The molecule has 0 fully saturated rings. The number of aromatic nitrogens is 2. The molecule has 1 aromatic heterocycles. The molecule has 0 aliphatic heterocycles. The molecule has 0 spiro atoms. The SMILES string of the molecule is Clc1ccc(N=Nc2cn[nH]c2-c2ccc(Cl)cc2)cc1. The number of hydrogen-bond acceptors (Lipinski definition) is 3. The normalized spacial score (nSPS) is 11.1. The van der Waals surface area contributed by atoms with Crippen LogP contribution in [0.1, 0.15) is 0 Å². The Morgan fingerprint density at radius 1 is 0.810 bits per heavy atom. The van der Waals surface area contributed by atoms with Gasteiger partial charge in [0.05, 0.1) is 17.6 Å². The number of halogens is 2. The van der Waals surface area contributed by atoms with Crippen LogP contribution in [-0.2, 0) is 0 Å². The van der Waals surface area contributed by atoms with Crippen LogP contribution in [-0.4, -0.2) is 10.2 Å². The minimum atomic E-state index is 0.660. The Morgan fingerprint density at radius 3 is 2.10 bits per heavy atom. The first kappa shape index (κ1) is 13.8. The van der Waals surface area contributed by atoms with Crippen molar-refractivity contribution in [3.8, 4) is 11.3 Å². The summed E-state index contributed by atoms with van der Waals surface area (Å²) in [4.78, 5) is 0. The van der Waals surface area contributed by atoms with Gasteiger partial charge in [0.25, 0.3) is 0 Å². The van der Waals surface area contributed by atoms with Gasteiger partial charge in [0.1, 0.15) is 5.69 Å². The molecule has 0 bridgehead atoms. The van der Waals surface area contributed by atoms with Gasteiger partial charge in [-0.25, -0.2) is 0 Å². The fourth-order valence-corrected chi connectivity index (χ4v) is 2.06. The zero-order valence-corrected chi connectivity index (χ0v) is 12.3. The highest BCUT2D eigenvalue weighted by atomic mass is 35.5. The van der Waals surface area contributed by atoms with Gasteiger partial charge in [0, 0.05) is 15.6 Å².